The van der Waals surface area contributed by atoms with E-state index in [1.807, 2.05) is 24.3 Å². The van der Waals surface area contributed by atoms with Gasteiger partial charge in [0.2, 0.25) is 0 Å². The van der Waals surface area contributed by atoms with Crippen LogP contribution in [0.4, 0.5) is 9.93 Å². The zero-order chi connectivity index (χ0) is 22.7. The van der Waals surface area contributed by atoms with E-state index in [1.54, 1.807) is 22.4 Å². The summed E-state index contributed by atoms with van der Waals surface area (Å²) >= 11 is 13.4. The molecule has 1 aliphatic rings. The van der Waals surface area contributed by atoms with Gasteiger partial charge < -0.3 is 10.0 Å². The first-order valence-electron chi connectivity index (χ1n) is 9.77. The summed E-state index contributed by atoms with van der Waals surface area (Å²) < 4.78 is 0. The summed E-state index contributed by atoms with van der Waals surface area (Å²) in [5, 5.41) is 13.9. The quantitative estimate of drug-likeness (QED) is 0.542. The van der Waals surface area contributed by atoms with Crippen molar-refractivity contribution in [2.24, 2.45) is 0 Å². The van der Waals surface area contributed by atoms with Crippen LogP contribution in [0.25, 0.3) is 11.4 Å². The lowest BCUT2D eigenvalue weighted by atomic mass is 10.2. The number of hydrogen-bond donors (Lipinski definition) is 2. The van der Waals surface area contributed by atoms with Gasteiger partial charge in [-0.2, -0.15) is 0 Å². The van der Waals surface area contributed by atoms with Crippen molar-refractivity contribution in [2.75, 3.05) is 31.5 Å². The van der Waals surface area contributed by atoms with Crippen molar-refractivity contribution in [1.82, 2.24) is 19.8 Å². The number of thiazole rings is 1. The van der Waals surface area contributed by atoms with Gasteiger partial charge in [0.05, 0.1) is 10.7 Å². The Labute approximate surface area is 198 Å². The number of piperazine rings is 1. The highest BCUT2D eigenvalue weighted by Crippen LogP contribution is 2.26. The van der Waals surface area contributed by atoms with Gasteiger partial charge in [-0.3, -0.25) is 15.0 Å². The van der Waals surface area contributed by atoms with Crippen molar-refractivity contribution in [3.05, 3.63) is 63.1 Å². The summed E-state index contributed by atoms with van der Waals surface area (Å²) in [7, 11) is 0. The number of nitrogens with zero attached hydrogens (tertiary/aromatic N) is 4. The number of carboxylic acid groups (broad SMARTS) is 1. The number of anilines is 1. The molecule has 1 saturated heterocycles. The van der Waals surface area contributed by atoms with E-state index in [4.69, 9.17) is 28.3 Å². The maximum absolute atomic E-state index is 13.1. The molecule has 0 bridgehead atoms. The third-order valence-electron chi connectivity index (χ3n) is 5.01. The minimum atomic E-state index is -1.19. The van der Waals surface area contributed by atoms with Crippen LogP contribution in [0.2, 0.25) is 10.0 Å². The number of hydrogen-bond acceptors (Lipinski definition) is 6. The molecule has 8 nitrogen and oxygen atoms in total. The molecule has 2 N–H and O–H groups in total. The van der Waals surface area contributed by atoms with E-state index in [1.165, 1.54) is 5.56 Å². The van der Waals surface area contributed by atoms with Crippen molar-refractivity contribution in [2.45, 2.75) is 6.54 Å². The fraction of sp³-hybridized carbons (Fsp3) is 0.238. The van der Waals surface area contributed by atoms with Crippen LogP contribution in [0.1, 0.15) is 16.1 Å². The average molecular weight is 492 g/mol. The molecule has 1 aromatic carbocycles. The molecular weight excluding hydrogens is 473 g/mol. The van der Waals surface area contributed by atoms with E-state index in [0.717, 1.165) is 31.0 Å². The average Bonchev–Trinajstić information content (AvgIpc) is 3.23. The Morgan fingerprint density at radius 2 is 1.72 bits per heavy atom. The van der Waals surface area contributed by atoms with Gasteiger partial charge in [0.25, 0.3) is 5.91 Å². The molecule has 1 fully saturated rings. The Bertz CT molecular complexity index is 1130. The van der Waals surface area contributed by atoms with Crippen molar-refractivity contribution in [1.29, 1.82) is 0 Å². The summed E-state index contributed by atoms with van der Waals surface area (Å²) in [6.07, 6.45) is -1.19. The Hall–Kier alpha value is -2.72. The summed E-state index contributed by atoms with van der Waals surface area (Å²) in [6.45, 7) is 3.41. The van der Waals surface area contributed by atoms with E-state index >= 15 is 0 Å². The Morgan fingerprint density at radius 3 is 2.41 bits per heavy atom. The number of carbonyl (C=O) groups is 2. The number of pyridine rings is 1. The van der Waals surface area contributed by atoms with Crippen LogP contribution in [0.15, 0.2) is 41.8 Å². The first-order valence-corrected chi connectivity index (χ1v) is 11.4. The minimum absolute atomic E-state index is 0.163. The zero-order valence-electron chi connectivity index (χ0n) is 16.8. The molecule has 1 aliphatic heterocycles. The smallest absolute Gasteiger partial charge is 0.410 e. The monoisotopic (exact) mass is 491 g/mol. The van der Waals surface area contributed by atoms with Crippen LogP contribution < -0.4 is 5.32 Å². The minimum Gasteiger partial charge on any atom is -0.465 e. The van der Waals surface area contributed by atoms with Gasteiger partial charge in [0.15, 0.2) is 5.13 Å². The maximum atomic E-state index is 13.1. The van der Waals surface area contributed by atoms with Crippen LogP contribution in [0.5, 0.6) is 0 Å². The zero-order valence-corrected chi connectivity index (χ0v) is 19.1. The summed E-state index contributed by atoms with van der Waals surface area (Å²) in [5.74, 6) is -0.234. The second-order valence-electron chi connectivity index (χ2n) is 7.19. The molecule has 166 valence electrons. The maximum Gasteiger partial charge on any atom is 0.410 e. The largest absolute Gasteiger partial charge is 0.465 e. The van der Waals surface area contributed by atoms with Crippen LogP contribution in [-0.2, 0) is 6.54 Å². The number of carbonyl (C=O) groups excluding carboxylic acids is 1. The van der Waals surface area contributed by atoms with E-state index in [2.05, 4.69) is 20.2 Å². The highest BCUT2D eigenvalue weighted by molar-refractivity contribution is 7.14. The fourth-order valence-corrected chi connectivity index (χ4v) is 4.39. The Kier molecular flexibility index (Phi) is 6.90. The number of nitrogens with one attached hydrogen (secondary N) is 1. The molecule has 4 rings (SSSR count). The fourth-order valence-electron chi connectivity index (χ4n) is 3.38. The van der Waals surface area contributed by atoms with Gasteiger partial charge in [-0.05, 0) is 29.8 Å². The lowest BCUT2D eigenvalue weighted by Gasteiger charge is -2.34. The lowest BCUT2D eigenvalue weighted by molar-refractivity contribution is 0.0623. The van der Waals surface area contributed by atoms with Gasteiger partial charge in [0, 0.05) is 43.1 Å². The molecule has 0 atom stereocenters. The lowest BCUT2D eigenvalue weighted by Crippen LogP contribution is -2.48. The van der Waals surface area contributed by atoms with E-state index in [9.17, 15) is 9.59 Å². The molecule has 32 heavy (non-hydrogen) atoms. The second kappa shape index (κ2) is 9.83. The van der Waals surface area contributed by atoms with Gasteiger partial charge in [0.1, 0.15) is 11.4 Å². The van der Waals surface area contributed by atoms with Crippen molar-refractivity contribution >= 4 is 51.7 Å². The molecule has 11 heteroatoms. The van der Waals surface area contributed by atoms with Crippen molar-refractivity contribution in [3.63, 3.8) is 0 Å². The van der Waals surface area contributed by atoms with Gasteiger partial charge in [-0.25, -0.2) is 14.8 Å². The second-order valence-corrected chi connectivity index (χ2v) is 8.89. The van der Waals surface area contributed by atoms with Gasteiger partial charge in [-0.1, -0.05) is 35.3 Å². The third-order valence-corrected chi connectivity index (χ3v) is 6.32. The number of amides is 2. The van der Waals surface area contributed by atoms with Crippen molar-refractivity contribution < 1.29 is 14.7 Å². The number of halogens is 2. The summed E-state index contributed by atoms with van der Waals surface area (Å²) in [4.78, 5) is 36.5. The molecule has 2 aromatic heterocycles. The Balaban J connectivity index is 1.42. The van der Waals surface area contributed by atoms with Crippen LogP contribution >= 0.6 is 34.5 Å². The molecular formula is C21H19Cl2N5O3S. The molecule has 0 aliphatic carbocycles. The number of aromatic nitrogens is 2. The molecule has 0 radical (unpaired) electrons. The predicted molar refractivity (Wildman–Crippen MR) is 125 cm³/mol. The van der Waals surface area contributed by atoms with Crippen LogP contribution in [0, 0.1) is 0 Å². The SMILES string of the molecule is O=C(O)Nc1nc(-c2ccc(Cl)c(C(=O)N3CCN(Cc4ccc(Cl)cc4)CC3)n2)cs1. The molecule has 3 aromatic rings. The number of rotatable bonds is 5. The normalized spacial score (nSPS) is 14.4. The van der Waals surface area contributed by atoms with Crippen LogP contribution in [0.3, 0.4) is 0 Å². The standard InChI is InChI=1S/C21H19Cl2N5O3S/c22-14-3-1-13(2-4-14)11-27-7-9-28(10-8-27)19(29)18-15(23)5-6-16(24-18)17-12-32-20(25-17)26-21(30)31/h1-6,12H,7-11H2,(H,25,26)(H,30,31). The molecule has 2 amide bonds. The van der Waals surface area contributed by atoms with E-state index < -0.39 is 6.09 Å². The molecule has 0 unspecified atom stereocenters. The van der Waals surface area contributed by atoms with Gasteiger partial charge >= 0.3 is 6.09 Å². The molecule has 0 spiro atoms. The van der Waals surface area contributed by atoms with Crippen molar-refractivity contribution in [3.8, 4) is 11.4 Å². The van der Waals surface area contributed by atoms with Gasteiger partial charge in [-0.15, -0.1) is 11.3 Å². The Morgan fingerprint density at radius 1 is 1.00 bits per heavy atom. The predicted octanol–water partition coefficient (Wildman–Crippen LogP) is 4.56. The van der Waals surface area contributed by atoms with Crippen LogP contribution in [-0.4, -0.2) is 63.1 Å². The third kappa shape index (κ3) is 5.36. The summed E-state index contributed by atoms with van der Waals surface area (Å²) in [6, 6.07) is 11.0. The highest BCUT2D eigenvalue weighted by Gasteiger charge is 2.25. The number of benzene rings is 1. The van der Waals surface area contributed by atoms with E-state index in [-0.39, 0.29) is 21.8 Å². The first kappa shape index (κ1) is 22.5. The topological polar surface area (TPSA) is 98.7 Å². The molecule has 0 saturated carbocycles. The highest BCUT2D eigenvalue weighted by atomic mass is 35.5. The summed E-state index contributed by atoms with van der Waals surface area (Å²) in [5.41, 5.74) is 2.26. The van der Waals surface area contributed by atoms with E-state index in [0.29, 0.717) is 29.5 Å². The first-order chi connectivity index (χ1) is 15.4. The molecule has 3 heterocycles.